The van der Waals surface area contributed by atoms with Crippen molar-refractivity contribution >= 4 is 0 Å². The first-order valence-electron chi connectivity index (χ1n) is 12.1. The van der Waals surface area contributed by atoms with E-state index in [-0.39, 0.29) is 11.9 Å². The molecular weight excluding hydrogens is 431 g/mol. The van der Waals surface area contributed by atoms with Crippen LogP contribution in [0.3, 0.4) is 0 Å². The van der Waals surface area contributed by atoms with E-state index in [4.69, 9.17) is 19.2 Å². The lowest BCUT2D eigenvalue weighted by Gasteiger charge is -2.15. The molecule has 4 rings (SSSR count). The van der Waals surface area contributed by atoms with E-state index in [1.54, 1.807) is 6.07 Å². The normalized spacial score (nSPS) is 18.0. The number of rotatable bonds is 11. The third kappa shape index (κ3) is 6.75. The summed E-state index contributed by atoms with van der Waals surface area (Å²) in [4.78, 5) is 4.86. The fraction of sp³-hybridized carbons (Fsp3) is 0.464. The number of hydrogen-bond donors (Lipinski definition) is 0. The second kappa shape index (κ2) is 11.7. The Balaban J connectivity index is 1.16. The highest BCUT2D eigenvalue weighted by molar-refractivity contribution is 5.35. The second-order valence-corrected chi connectivity index (χ2v) is 9.32. The van der Waals surface area contributed by atoms with Crippen LogP contribution in [-0.2, 0) is 27.4 Å². The molecule has 1 aliphatic rings. The first kappa shape index (κ1) is 24.6. The molecule has 2 atom stereocenters. The summed E-state index contributed by atoms with van der Waals surface area (Å²) in [5.74, 6) is 1.23. The van der Waals surface area contributed by atoms with Crippen molar-refractivity contribution in [2.75, 3.05) is 19.8 Å². The molecule has 0 bridgehead atoms. The van der Waals surface area contributed by atoms with Crippen LogP contribution in [0.25, 0.3) is 5.82 Å². The molecule has 0 saturated heterocycles. The molecule has 0 spiro atoms. The molecular formula is C28H35FN2O3. The number of pyridine rings is 1. The summed E-state index contributed by atoms with van der Waals surface area (Å²) in [7, 11) is 0. The van der Waals surface area contributed by atoms with Crippen molar-refractivity contribution in [3.05, 3.63) is 82.6 Å². The zero-order valence-electron chi connectivity index (χ0n) is 20.4. The summed E-state index contributed by atoms with van der Waals surface area (Å²) >= 11 is 0. The van der Waals surface area contributed by atoms with Crippen LogP contribution in [0, 0.1) is 32.5 Å². The van der Waals surface area contributed by atoms with E-state index in [2.05, 4.69) is 49.6 Å². The molecule has 1 aliphatic carbocycles. The predicted molar refractivity (Wildman–Crippen MR) is 131 cm³/mol. The molecule has 2 heterocycles. The second-order valence-electron chi connectivity index (χ2n) is 9.32. The summed E-state index contributed by atoms with van der Waals surface area (Å²) in [6.07, 6.45) is 3.43. The van der Waals surface area contributed by atoms with Crippen LogP contribution in [-0.4, -0.2) is 35.5 Å². The van der Waals surface area contributed by atoms with Gasteiger partial charge in [-0.1, -0.05) is 12.1 Å². The summed E-state index contributed by atoms with van der Waals surface area (Å²) in [5, 5.41) is 0. The molecule has 0 amide bonds. The smallest absolute Gasteiger partial charge is 0.137 e. The highest BCUT2D eigenvalue weighted by Gasteiger charge is 2.25. The molecule has 0 unspecified atom stereocenters. The molecule has 1 aromatic carbocycles. The number of halogens is 1. The maximum Gasteiger partial charge on any atom is 0.137 e. The standard InChI is InChI=1S/C28H35FN2O3/c1-20-13-26(30-28(14-20)31-21(2)7-8-22(31)3)19-34-27-10-9-24(16-27)18-33-12-11-32-17-23-5-4-6-25(29)15-23/h4-8,13-15,24,27H,9-12,16-19H2,1-3H3/t24-,27-/m0/s1. The molecule has 1 saturated carbocycles. The van der Waals surface area contributed by atoms with Gasteiger partial charge in [-0.05, 0) is 93.5 Å². The van der Waals surface area contributed by atoms with Gasteiger partial charge in [0.1, 0.15) is 11.6 Å². The van der Waals surface area contributed by atoms with Gasteiger partial charge in [-0.3, -0.25) is 0 Å². The lowest BCUT2D eigenvalue weighted by Crippen LogP contribution is -2.14. The quantitative estimate of drug-likeness (QED) is 0.332. The van der Waals surface area contributed by atoms with Gasteiger partial charge in [-0.2, -0.15) is 0 Å². The van der Waals surface area contributed by atoms with Crippen molar-refractivity contribution in [2.24, 2.45) is 5.92 Å². The van der Waals surface area contributed by atoms with E-state index in [1.165, 1.54) is 29.1 Å². The zero-order valence-corrected chi connectivity index (χ0v) is 20.4. The van der Waals surface area contributed by atoms with Gasteiger partial charge in [0.25, 0.3) is 0 Å². The van der Waals surface area contributed by atoms with Crippen LogP contribution in [0.4, 0.5) is 4.39 Å². The van der Waals surface area contributed by atoms with E-state index in [1.807, 2.05) is 6.07 Å². The minimum absolute atomic E-state index is 0.236. The Morgan fingerprint density at radius 3 is 2.53 bits per heavy atom. The number of benzene rings is 1. The van der Waals surface area contributed by atoms with Gasteiger partial charge in [0.05, 0.1) is 38.2 Å². The molecule has 5 nitrogen and oxygen atoms in total. The average Bonchev–Trinajstić information content (AvgIpc) is 3.40. The van der Waals surface area contributed by atoms with Crippen molar-refractivity contribution in [2.45, 2.75) is 59.4 Å². The molecule has 0 N–H and O–H groups in total. The fourth-order valence-corrected chi connectivity index (χ4v) is 4.66. The third-order valence-electron chi connectivity index (χ3n) is 6.35. The van der Waals surface area contributed by atoms with Crippen LogP contribution >= 0.6 is 0 Å². The Morgan fingerprint density at radius 1 is 0.941 bits per heavy atom. The Kier molecular flexibility index (Phi) is 8.48. The van der Waals surface area contributed by atoms with Gasteiger partial charge in [0.2, 0.25) is 0 Å². The van der Waals surface area contributed by atoms with E-state index >= 15 is 0 Å². The van der Waals surface area contributed by atoms with Crippen molar-refractivity contribution in [3.8, 4) is 5.82 Å². The van der Waals surface area contributed by atoms with E-state index < -0.39 is 0 Å². The third-order valence-corrected chi connectivity index (χ3v) is 6.35. The van der Waals surface area contributed by atoms with Gasteiger partial charge < -0.3 is 18.8 Å². The van der Waals surface area contributed by atoms with Gasteiger partial charge in [-0.25, -0.2) is 9.37 Å². The van der Waals surface area contributed by atoms with Crippen LogP contribution in [0.15, 0.2) is 48.5 Å². The SMILES string of the molecule is Cc1cc(CO[C@H]2CC[C@H](COCCOCc3cccc(F)c3)C2)nc(-n2c(C)ccc2C)c1. The largest absolute Gasteiger partial charge is 0.379 e. The summed E-state index contributed by atoms with van der Waals surface area (Å²) in [6.45, 7) is 9.01. The first-order valence-corrected chi connectivity index (χ1v) is 12.1. The Hall–Kier alpha value is -2.54. The number of hydrogen-bond acceptors (Lipinski definition) is 4. The van der Waals surface area contributed by atoms with Crippen LogP contribution in [0.5, 0.6) is 0 Å². The lowest BCUT2D eigenvalue weighted by atomic mass is 10.1. The van der Waals surface area contributed by atoms with Gasteiger partial charge in [-0.15, -0.1) is 0 Å². The first-order chi connectivity index (χ1) is 16.5. The minimum atomic E-state index is -0.236. The summed E-state index contributed by atoms with van der Waals surface area (Å²) < 4.78 is 33.0. The summed E-state index contributed by atoms with van der Waals surface area (Å²) in [6, 6.07) is 14.9. The van der Waals surface area contributed by atoms with Crippen molar-refractivity contribution in [1.29, 1.82) is 0 Å². The van der Waals surface area contributed by atoms with Crippen LogP contribution in [0.1, 0.15) is 47.5 Å². The van der Waals surface area contributed by atoms with E-state index in [0.717, 1.165) is 42.9 Å². The van der Waals surface area contributed by atoms with Crippen LogP contribution in [0.2, 0.25) is 0 Å². The topological polar surface area (TPSA) is 45.5 Å². The maximum atomic E-state index is 13.2. The number of aromatic nitrogens is 2. The van der Waals surface area contributed by atoms with Crippen molar-refractivity contribution in [1.82, 2.24) is 9.55 Å². The van der Waals surface area contributed by atoms with Crippen molar-refractivity contribution in [3.63, 3.8) is 0 Å². The van der Waals surface area contributed by atoms with Crippen LogP contribution < -0.4 is 0 Å². The fourth-order valence-electron chi connectivity index (χ4n) is 4.66. The van der Waals surface area contributed by atoms with Crippen molar-refractivity contribution < 1.29 is 18.6 Å². The number of ether oxygens (including phenoxy) is 3. The average molecular weight is 467 g/mol. The molecule has 0 aliphatic heterocycles. The number of aryl methyl sites for hydroxylation is 3. The highest BCUT2D eigenvalue weighted by Crippen LogP contribution is 2.29. The molecule has 2 aromatic heterocycles. The van der Waals surface area contributed by atoms with E-state index in [0.29, 0.717) is 32.3 Å². The predicted octanol–water partition coefficient (Wildman–Crippen LogP) is 5.86. The molecule has 182 valence electrons. The molecule has 3 aromatic rings. The Bertz CT molecular complexity index is 1060. The molecule has 34 heavy (non-hydrogen) atoms. The van der Waals surface area contributed by atoms with Gasteiger partial charge in [0.15, 0.2) is 0 Å². The van der Waals surface area contributed by atoms with E-state index in [9.17, 15) is 4.39 Å². The van der Waals surface area contributed by atoms with Gasteiger partial charge >= 0.3 is 0 Å². The Labute approximate surface area is 201 Å². The van der Waals surface area contributed by atoms with Gasteiger partial charge in [0, 0.05) is 18.0 Å². The Morgan fingerprint density at radius 2 is 1.74 bits per heavy atom. The summed E-state index contributed by atoms with van der Waals surface area (Å²) in [5.41, 5.74) is 5.36. The zero-order chi connectivity index (χ0) is 23.9. The maximum absolute atomic E-state index is 13.2. The molecule has 6 heteroatoms. The number of nitrogens with zero attached hydrogens (tertiary/aromatic N) is 2. The molecule has 1 fully saturated rings. The minimum Gasteiger partial charge on any atom is -0.379 e. The monoisotopic (exact) mass is 466 g/mol. The molecule has 0 radical (unpaired) electrons. The highest BCUT2D eigenvalue weighted by atomic mass is 19.1. The lowest BCUT2D eigenvalue weighted by molar-refractivity contribution is 0.0176.